The molecule has 2 aromatic rings. The van der Waals surface area contributed by atoms with Crippen molar-refractivity contribution in [2.45, 2.75) is 26.4 Å². The van der Waals surface area contributed by atoms with Gasteiger partial charge in [-0.05, 0) is 37.1 Å². The normalized spacial score (nSPS) is 16.8. The summed E-state index contributed by atoms with van der Waals surface area (Å²) in [6.45, 7) is 3.83. The smallest absolute Gasteiger partial charge is 0.336 e. The molecule has 1 unspecified atom stereocenters. The van der Waals surface area contributed by atoms with Gasteiger partial charge in [0.05, 0.1) is 17.5 Å². The maximum absolute atomic E-state index is 12.4. The van der Waals surface area contributed by atoms with Crippen LogP contribution in [-0.4, -0.2) is 16.9 Å². The van der Waals surface area contributed by atoms with Crippen LogP contribution < -0.4 is 4.74 Å². The summed E-state index contributed by atoms with van der Waals surface area (Å²) in [4.78, 5) is 23.8. The first-order valence-electron chi connectivity index (χ1n) is 7.10. The molecule has 1 aliphatic rings. The summed E-state index contributed by atoms with van der Waals surface area (Å²) >= 11 is 0. The lowest BCUT2D eigenvalue weighted by atomic mass is 9.91. The van der Waals surface area contributed by atoms with Crippen molar-refractivity contribution in [1.29, 1.82) is 0 Å². The van der Waals surface area contributed by atoms with Crippen LogP contribution in [0.4, 0.5) is 0 Å². The third-order valence-corrected chi connectivity index (χ3v) is 3.89. The fourth-order valence-corrected chi connectivity index (χ4v) is 2.93. The number of hydrogen-bond acceptors (Lipinski definition) is 3. The molecule has 1 aliphatic heterocycles. The number of carbonyl (C=O) groups excluding carboxylic acids is 1. The third-order valence-electron chi connectivity index (χ3n) is 3.89. The van der Waals surface area contributed by atoms with Crippen LogP contribution in [0, 0.1) is 13.8 Å². The molecule has 1 atom stereocenters. The Bertz CT molecular complexity index is 777. The van der Waals surface area contributed by atoms with Gasteiger partial charge in [0.1, 0.15) is 11.9 Å². The van der Waals surface area contributed by atoms with Crippen molar-refractivity contribution in [3.63, 3.8) is 0 Å². The molecule has 0 saturated carbocycles. The van der Waals surface area contributed by atoms with Crippen molar-refractivity contribution in [1.82, 2.24) is 0 Å². The number of ether oxygens (including phenoxy) is 1. The summed E-state index contributed by atoms with van der Waals surface area (Å²) in [5.74, 6) is -0.469. The van der Waals surface area contributed by atoms with Gasteiger partial charge >= 0.3 is 5.97 Å². The third kappa shape index (κ3) is 2.37. The zero-order chi connectivity index (χ0) is 15.9. The van der Waals surface area contributed by atoms with Crippen LogP contribution in [0.25, 0.3) is 0 Å². The minimum atomic E-state index is -1.02. The molecule has 0 aromatic heterocycles. The number of rotatable bonds is 2. The van der Waals surface area contributed by atoms with Gasteiger partial charge in [-0.1, -0.05) is 24.3 Å². The van der Waals surface area contributed by atoms with Crippen LogP contribution in [0.3, 0.4) is 0 Å². The molecule has 1 N–H and O–H groups in total. The number of aryl methyl sites for hydroxylation is 2. The van der Waals surface area contributed by atoms with Gasteiger partial charge in [0.15, 0.2) is 5.78 Å². The summed E-state index contributed by atoms with van der Waals surface area (Å²) in [6.07, 6.45) is -0.408. The van der Waals surface area contributed by atoms with Crippen LogP contribution in [0.5, 0.6) is 5.75 Å². The van der Waals surface area contributed by atoms with Crippen LogP contribution in [0.15, 0.2) is 36.4 Å². The molecule has 1 heterocycles. The molecular formula is C18H16O4. The molecule has 0 bridgehead atoms. The van der Waals surface area contributed by atoms with E-state index in [1.54, 1.807) is 18.2 Å². The molecule has 112 valence electrons. The predicted molar refractivity (Wildman–Crippen MR) is 81.6 cm³/mol. The van der Waals surface area contributed by atoms with Gasteiger partial charge in [-0.3, -0.25) is 4.79 Å². The molecule has 4 nitrogen and oxygen atoms in total. The molecule has 3 rings (SSSR count). The predicted octanol–water partition coefficient (Wildman–Crippen LogP) is 3.71. The number of Topliss-reactive ketones (excluding diaryl/α,β-unsaturated/α-hetero) is 1. The first-order valence-corrected chi connectivity index (χ1v) is 7.10. The van der Waals surface area contributed by atoms with Crippen molar-refractivity contribution in [2.75, 3.05) is 0 Å². The Kier molecular flexibility index (Phi) is 3.45. The van der Waals surface area contributed by atoms with Crippen molar-refractivity contribution >= 4 is 11.8 Å². The molecule has 4 heteroatoms. The molecule has 0 radical (unpaired) electrons. The topological polar surface area (TPSA) is 63.6 Å². The molecular weight excluding hydrogens is 280 g/mol. The van der Waals surface area contributed by atoms with E-state index < -0.39 is 12.1 Å². The fourth-order valence-electron chi connectivity index (χ4n) is 2.93. The van der Waals surface area contributed by atoms with Crippen LogP contribution in [0.1, 0.15) is 49.9 Å². The Hall–Kier alpha value is -2.62. The first kappa shape index (κ1) is 14.3. The fraction of sp³-hybridized carbons (Fsp3) is 0.222. The maximum atomic E-state index is 12.4. The van der Waals surface area contributed by atoms with E-state index in [1.807, 2.05) is 26.0 Å². The average molecular weight is 296 g/mol. The number of fused-ring (bicyclic) bond motifs is 1. The molecule has 22 heavy (non-hydrogen) atoms. The number of benzene rings is 2. The van der Waals surface area contributed by atoms with Gasteiger partial charge in [0.2, 0.25) is 0 Å². The summed E-state index contributed by atoms with van der Waals surface area (Å²) in [5.41, 5.74) is 3.20. The highest BCUT2D eigenvalue weighted by Crippen LogP contribution is 2.38. The zero-order valence-electron chi connectivity index (χ0n) is 12.4. The second-order valence-electron chi connectivity index (χ2n) is 5.58. The van der Waals surface area contributed by atoms with E-state index in [1.165, 1.54) is 6.07 Å². The molecule has 0 fully saturated rings. The van der Waals surface area contributed by atoms with Crippen molar-refractivity contribution in [3.05, 3.63) is 64.2 Å². The largest absolute Gasteiger partial charge is 0.484 e. The lowest BCUT2D eigenvalue weighted by molar-refractivity contribution is 0.0682. The molecule has 2 aromatic carbocycles. The van der Waals surface area contributed by atoms with Gasteiger partial charge in [-0.2, -0.15) is 0 Å². The summed E-state index contributed by atoms with van der Waals surface area (Å²) in [6, 6.07) is 10.4. The van der Waals surface area contributed by atoms with Crippen LogP contribution in [0.2, 0.25) is 0 Å². The molecule has 0 spiro atoms. The van der Waals surface area contributed by atoms with Gasteiger partial charge in [-0.15, -0.1) is 0 Å². The minimum absolute atomic E-state index is 0.0155. The molecule has 0 aliphatic carbocycles. The van der Waals surface area contributed by atoms with E-state index in [0.717, 1.165) is 11.1 Å². The van der Waals surface area contributed by atoms with E-state index >= 15 is 0 Å². The monoisotopic (exact) mass is 296 g/mol. The van der Waals surface area contributed by atoms with E-state index in [4.69, 9.17) is 4.74 Å². The summed E-state index contributed by atoms with van der Waals surface area (Å²) in [7, 11) is 0. The first-order chi connectivity index (χ1) is 10.5. The van der Waals surface area contributed by atoms with Crippen molar-refractivity contribution in [2.24, 2.45) is 0 Å². The quantitative estimate of drug-likeness (QED) is 0.917. The number of carbonyl (C=O) groups is 2. The lowest BCUT2D eigenvalue weighted by Gasteiger charge is -2.28. The van der Waals surface area contributed by atoms with E-state index in [0.29, 0.717) is 16.9 Å². The van der Waals surface area contributed by atoms with Gasteiger partial charge in [0, 0.05) is 5.56 Å². The van der Waals surface area contributed by atoms with E-state index in [2.05, 4.69) is 0 Å². The van der Waals surface area contributed by atoms with Gasteiger partial charge in [0.25, 0.3) is 0 Å². The highest BCUT2D eigenvalue weighted by atomic mass is 16.5. The highest BCUT2D eigenvalue weighted by Gasteiger charge is 2.31. The Labute approximate surface area is 128 Å². The number of aromatic carboxylic acids is 1. The number of hydrogen-bond donors (Lipinski definition) is 1. The highest BCUT2D eigenvalue weighted by molar-refractivity contribution is 6.01. The lowest BCUT2D eigenvalue weighted by Crippen LogP contribution is -2.23. The SMILES string of the molecule is Cc1cc(C)c2c(c1)C(=O)CC(c1ccccc1C(=O)O)O2. The number of ketones is 1. The van der Waals surface area contributed by atoms with Crippen LogP contribution in [-0.2, 0) is 0 Å². The molecule has 0 saturated heterocycles. The number of carboxylic acid groups (broad SMARTS) is 1. The zero-order valence-corrected chi connectivity index (χ0v) is 12.4. The van der Waals surface area contributed by atoms with E-state index in [-0.39, 0.29) is 17.8 Å². The summed E-state index contributed by atoms with van der Waals surface area (Å²) < 4.78 is 5.98. The second-order valence-corrected chi connectivity index (χ2v) is 5.58. The van der Waals surface area contributed by atoms with Crippen molar-refractivity contribution in [3.8, 4) is 5.75 Å². The van der Waals surface area contributed by atoms with Crippen LogP contribution >= 0.6 is 0 Å². The van der Waals surface area contributed by atoms with Gasteiger partial charge < -0.3 is 9.84 Å². The van der Waals surface area contributed by atoms with E-state index in [9.17, 15) is 14.7 Å². The minimum Gasteiger partial charge on any atom is -0.484 e. The Morgan fingerprint density at radius 2 is 1.95 bits per heavy atom. The van der Waals surface area contributed by atoms with Gasteiger partial charge in [-0.25, -0.2) is 4.79 Å². The Balaban J connectivity index is 2.07. The maximum Gasteiger partial charge on any atom is 0.336 e. The standard InChI is InChI=1S/C18H16O4/c1-10-7-11(2)17-14(8-10)15(19)9-16(22-17)12-5-3-4-6-13(12)18(20)21/h3-8,16H,9H2,1-2H3,(H,20,21). The second kappa shape index (κ2) is 5.30. The Morgan fingerprint density at radius 3 is 2.68 bits per heavy atom. The van der Waals surface area contributed by atoms with Crippen molar-refractivity contribution < 1.29 is 19.4 Å². The molecule has 0 amide bonds. The summed E-state index contributed by atoms with van der Waals surface area (Å²) in [5, 5.41) is 9.31. The Morgan fingerprint density at radius 1 is 1.23 bits per heavy atom. The number of carboxylic acids is 1. The average Bonchev–Trinajstić information content (AvgIpc) is 2.48.